The maximum atomic E-state index is 12.9. The van der Waals surface area contributed by atoms with Gasteiger partial charge in [0.25, 0.3) is 0 Å². The topological polar surface area (TPSA) is 26.0 Å². The fourth-order valence-corrected chi connectivity index (χ4v) is 2.15. The molecule has 0 bridgehead atoms. The van der Waals surface area contributed by atoms with Crippen molar-refractivity contribution < 1.29 is 4.39 Å². The van der Waals surface area contributed by atoms with Crippen LogP contribution < -0.4 is 5.73 Å². The Labute approximate surface area is 86.0 Å². The highest BCUT2D eigenvalue weighted by atomic mass is 32.1. The van der Waals surface area contributed by atoms with Crippen LogP contribution in [-0.4, -0.2) is 0 Å². The number of aryl methyl sites for hydroxylation is 1. The Morgan fingerprint density at radius 1 is 1.21 bits per heavy atom. The number of hydrogen-bond donors (Lipinski definition) is 1. The van der Waals surface area contributed by atoms with Crippen LogP contribution in [0.3, 0.4) is 0 Å². The summed E-state index contributed by atoms with van der Waals surface area (Å²) in [7, 11) is 0. The van der Waals surface area contributed by atoms with Crippen LogP contribution in [0.1, 0.15) is 4.88 Å². The largest absolute Gasteiger partial charge is 0.396 e. The van der Waals surface area contributed by atoms with Gasteiger partial charge in [0.1, 0.15) is 5.82 Å². The molecule has 3 heteroatoms. The van der Waals surface area contributed by atoms with E-state index in [1.54, 1.807) is 23.5 Å². The lowest BCUT2D eigenvalue weighted by Gasteiger charge is -2.00. The van der Waals surface area contributed by atoms with Gasteiger partial charge in [0.05, 0.1) is 5.69 Å². The Balaban J connectivity index is 2.47. The average molecular weight is 207 g/mol. The van der Waals surface area contributed by atoms with Gasteiger partial charge in [0.2, 0.25) is 0 Å². The van der Waals surface area contributed by atoms with Crippen molar-refractivity contribution in [3.8, 4) is 10.4 Å². The highest BCUT2D eigenvalue weighted by Crippen LogP contribution is 2.29. The summed E-state index contributed by atoms with van der Waals surface area (Å²) in [4.78, 5) is 2.36. The maximum Gasteiger partial charge on any atom is 0.146 e. The zero-order valence-electron chi connectivity index (χ0n) is 7.75. The van der Waals surface area contributed by atoms with Gasteiger partial charge in [-0.3, -0.25) is 0 Å². The van der Waals surface area contributed by atoms with E-state index >= 15 is 0 Å². The molecule has 14 heavy (non-hydrogen) atoms. The first-order valence-electron chi connectivity index (χ1n) is 4.28. The van der Waals surface area contributed by atoms with Gasteiger partial charge in [-0.05, 0) is 36.8 Å². The summed E-state index contributed by atoms with van der Waals surface area (Å²) in [5, 5.41) is 0. The highest BCUT2D eigenvalue weighted by Gasteiger charge is 2.03. The molecule has 0 saturated heterocycles. The van der Waals surface area contributed by atoms with Gasteiger partial charge >= 0.3 is 0 Å². The van der Waals surface area contributed by atoms with Crippen LogP contribution >= 0.6 is 11.3 Å². The molecule has 0 amide bonds. The SMILES string of the molecule is Cc1ccc(-c2ccc(F)c(N)c2)s1. The number of anilines is 1. The lowest BCUT2D eigenvalue weighted by atomic mass is 10.1. The molecule has 2 aromatic rings. The van der Waals surface area contributed by atoms with Crippen molar-refractivity contribution >= 4 is 17.0 Å². The van der Waals surface area contributed by atoms with Gasteiger partial charge in [-0.25, -0.2) is 4.39 Å². The van der Waals surface area contributed by atoms with Crippen LogP contribution in [0.25, 0.3) is 10.4 Å². The van der Waals surface area contributed by atoms with Gasteiger partial charge in [0.15, 0.2) is 0 Å². The Morgan fingerprint density at radius 3 is 2.57 bits per heavy atom. The Bertz CT molecular complexity index is 462. The molecule has 2 N–H and O–H groups in total. The maximum absolute atomic E-state index is 12.9. The predicted molar refractivity (Wildman–Crippen MR) is 58.9 cm³/mol. The van der Waals surface area contributed by atoms with Crippen molar-refractivity contribution in [3.63, 3.8) is 0 Å². The molecule has 0 spiro atoms. The lowest BCUT2D eigenvalue weighted by Crippen LogP contribution is -1.89. The van der Waals surface area contributed by atoms with Crippen LogP contribution in [0, 0.1) is 12.7 Å². The minimum Gasteiger partial charge on any atom is -0.396 e. The van der Waals surface area contributed by atoms with E-state index < -0.39 is 0 Å². The summed E-state index contributed by atoms with van der Waals surface area (Å²) in [6.45, 7) is 2.04. The van der Waals surface area contributed by atoms with E-state index in [0.29, 0.717) is 0 Å². The molecule has 0 aliphatic rings. The quantitative estimate of drug-likeness (QED) is 0.712. The molecule has 1 aromatic heterocycles. The second-order valence-corrected chi connectivity index (χ2v) is 4.43. The van der Waals surface area contributed by atoms with E-state index in [2.05, 4.69) is 0 Å². The molecule has 72 valence electrons. The van der Waals surface area contributed by atoms with Crippen molar-refractivity contribution in [2.75, 3.05) is 5.73 Å². The van der Waals surface area contributed by atoms with E-state index in [0.717, 1.165) is 10.4 Å². The first kappa shape index (κ1) is 9.21. The van der Waals surface area contributed by atoms with E-state index in [1.165, 1.54) is 10.9 Å². The Kier molecular flexibility index (Phi) is 2.25. The third-order valence-electron chi connectivity index (χ3n) is 2.02. The summed E-state index contributed by atoms with van der Waals surface area (Å²) >= 11 is 1.68. The molecule has 0 fully saturated rings. The van der Waals surface area contributed by atoms with Crippen LogP contribution in [0.4, 0.5) is 10.1 Å². The molecular formula is C11H10FNS. The number of rotatable bonds is 1. The smallest absolute Gasteiger partial charge is 0.146 e. The number of thiophene rings is 1. The molecule has 0 atom stereocenters. The van der Waals surface area contributed by atoms with Crippen molar-refractivity contribution in [2.24, 2.45) is 0 Å². The molecule has 1 heterocycles. The summed E-state index contributed by atoms with van der Waals surface area (Å²) in [5.74, 6) is -0.359. The molecule has 0 unspecified atom stereocenters. The van der Waals surface area contributed by atoms with Gasteiger partial charge in [-0.1, -0.05) is 6.07 Å². The van der Waals surface area contributed by atoms with Gasteiger partial charge in [-0.2, -0.15) is 0 Å². The first-order valence-corrected chi connectivity index (χ1v) is 5.10. The molecule has 0 aliphatic heterocycles. The number of halogens is 1. The van der Waals surface area contributed by atoms with Crippen molar-refractivity contribution in [1.82, 2.24) is 0 Å². The zero-order valence-corrected chi connectivity index (χ0v) is 8.57. The van der Waals surface area contributed by atoms with Crippen molar-refractivity contribution in [3.05, 3.63) is 41.0 Å². The number of nitrogen functional groups attached to an aromatic ring is 1. The van der Waals surface area contributed by atoms with E-state index in [1.807, 2.05) is 19.1 Å². The number of hydrogen-bond acceptors (Lipinski definition) is 2. The molecular weight excluding hydrogens is 197 g/mol. The third kappa shape index (κ3) is 1.63. The molecule has 0 saturated carbocycles. The average Bonchev–Trinajstić information content (AvgIpc) is 2.57. The fraction of sp³-hybridized carbons (Fsp3) is 0.0909. The molecule has 2 rings (SSSR count). The van der Waals surface area contributed by atoms with E-state index in [4.69, 9.17) is 5.73 Å². The van der Waals surface area contributed by atoms with E-state index in [-0.39, 0.29) is 11.5 Å². The standard InChI is InChI=1S/C11H10FNS/c1-7-2-5-11(14-7)8-3-4-9(12)10(13)6-8/h2-6H,13H2,1H3. The third-order valence-corrected chi connectivity index (χ3v) is 3.07. The van der Waals surface area contributed by atoms with Crippen LogP contribution in [-0.2, 0) is 0 Å². The molecule has 1 aromatic carbocycles. The first-order chi connectivity index (χ1) is 6.66. The monoisotopic (exact) mass is 207 g/mol. The van der Waals surface area contributed by atoms with Crippen LogP contribution in [0.5, 0.6) is 0 Å². The minimum absolute atomic E-state index is 0.202. The fourth-order valence-electron chi connectivity index (χ4n) is 1.29. The molecule has 0 radical (unpaired) electrons. The van der Waals surface area contributed by atoms with Gasteiger partial charge < -0.3 is 5.73 Å². The van der Waals surface area contributed by atoms with Crippen molar-refractivity contribution in [1.29, 1.82) is 0 Å². The van der Waals surface area contributed by atoms with Gasteiger partial charge in [-0.15, -0.1) is 11.3 Å². The zero-order chi connectivity index (χ0) is 10.1. The van der Waals surface area contributed by atoms with E-state index in [9.17, 15) is 4.39 Å². The Morgan fingerprint density at radius 2 is 2.00 bits per heavy atom. The molecule has 1 nitrogen and oxygen atoms in total. The number of benzene rings is 1. The lowest BCUT2D eigenvalue weighted by molar-refractivity contribution is 0.633. The number of nitrogens with two attached hydrogens (primary N) is 1. The summed E-state index contributed by atoms with van der Waals surface area (Å²) in [6, 6.07) is 8.88. The molecule has 0 aliphatic carbocycles. The summed E-state index contributed by atoms with van der Waals surface area (Å²) in [5.41, 5.74) is 6.67. The predicted octanol–water partition coefficient (Wildman–Crippen LogP) is 3.44. The second kappa shape index (κ2) is 3.42. The summed E-state index contributed by atoms with van der Waals surface area (Å²) in [6.07, 6.45) is 0. The van der Waals surface area contributed by atoms with Crippen LogP contribution in [0.15, 0.2) is 30.3 Å². The summed E-state index contributed by atoms with van der Waals surface area (Å²) < 4.78 is 12.9. The minimum atomic E-state index is -0.359. The second-order valence-electron chi connectivity index (χ2n) is 3.15. The van der Waals surface area contributed by atoms with Gasteiger partial charge in [0, 0.05) is 9.75 Å². The van der Waals surface area contributed by atoms with Crippen molar-refractivity contribution in [2.45, 2.75) is 6.92 Å². The highest BCUT2D eigenvalue weighted by molar-refractivity contribution is 7.15. The normalized spacial score (nSPS) is 10.4. The Hall–Kier alpha value is -1.35. The van der Waals surface area contributed by atoms with Crippen LogP contribution in [0.2, 0.25) is 0 Å².